The molecule has 1 heterocycles. The highest BCUT2D eigenvalue weighted by molar-refractivity contribution is 8.15. The Labute approximate surface area is 171 Å². The quantitative estimate of drug-likeness (QED) is 0.339. The number of hydrogen-bond acceptors (Lipinski definition) is 7. The Kier molecular flexibility index (Phi) is 6.18. The van der Waals surface area contributed by atoms with E-state index in [2.05, 4.69) is 15.5 Å². The topological polar surface area (TPSA) is 114 Å². The average molecular weight is 410 g/mol. The number of aryl methyl sites for hydroxylation is 2. The van der Waals surface area contributed by atoms with Gasteiger partial charge in [-0.25, -0.2) is 0 Å². The molecule has 1 fully saturated rings. The second-order valence-electron chi connectivity index (χ2n) is 6.54. The largest absolute Gasteiger partial charge is 0.303 e. The van der Waals surface area contributed by atoms with E-state index in [4.69, 9.17) is 0 Å². The Morgan fingerprint density at radius 2 is 1.97 bits per heavy atom. The van der Waals surface area contributed by atoms with Crippen molar-refractivity contribution in [2.24, 2.45) is 10.2 Å². The zero-order valence-corrected chi connectivity index (χ0v) is 16.6. The molecule has 29 heavy (non-hydrogen) atoms. The lowest BCUT2D eigenvalue weighted by molar-refractivity contribution is -0.384. The molecule has 3 rings (SSSR count). The first-order valence-corrected chi connectivity index (χ1v) is 9.65. The molecule has 9 heteroatoms. The summed E-state index contributed by atoms with van der Waals surface area (Å²) >= 11 is 1.16. The Morgan fingerprint density at radius 3 is 2.66 bits per heavy atom. The first-order chi connectivity index (χ1) is 13.8. The summed E-state index contributed by atoms with van der Waals surface area (Å²) in [6, 6.07) is 11.5. The van der Waals surface area contributed by atoms with Crippen LogP contribution in [0.15, 0.2) is 52.7 Å². The van der Waals surface area contributed by atoms with Crippen molar-refractivity contribution in [2.75, 3.05) is 0 Å². The molecule has 0 bridgehead atoms. The fraction of sp³-hybridized carbons (Fsp3) is 0.200. The minimum Gasteiger partial charge on any atom is -0.303 e. The summed E-state index contributed by atoms with van der Waals surface area (Å²) in [6.07, 6.45) is 1.50. The van der Waals surface area contributed by atoms with Crippen molar-refractivity contribution in [1.29, 1.82) is 0 Å². The molecule has 1 saturated heterocycles. The van der Waals surface area contributed by atoms with Gasteiger partial charge < -0.3 is 5.32 Å². The van der Waals surface area contributed by atoms with Crippen molar-refractivity contribution < 1.29 is 14.5 Å². The van der Waals surface area contributed by atoms with Crippen LogP contribution in [0.1, 0.15) is 33.5 Å². The lowest BCUT2D eigenvalue weighted by Gasteiger charge is -2.08. The number of amidine groups is 1. The van der Waals surface area contributed by atoms with E-state index in [9.17, 15) is 19.7 Å². The van der Waals surface area contributed by atoms with Crippen LogP contribution in [0, 0.1) is 24.0 Å². The highest BCUT2D eigenvalue weighted by Crippen LogP contribution is 2.25. The first-order valence-electron chi connectivity index (χ1n) is 8.77. The van der Waals surface area contributed by atoms with E-state index in [0.29, 0.717) is 16.3 Å². The molecule has 1 atom stereocenters. The molecule has 1 aliphatic rings. The summed E-state index contributed by atoms with van der Waals surface area (Å²) in [5.74, 6) is -0.368. The van der Waals surface area contributed by atoms with Gasteiger partial charge in [0.05, 0.1) is 16.4 Å². The van der Waals surface area contributed by atoms with Crippen molar-refractivity contribution in [3.63, 3.8) is 0 Å². The minimum atomic E-state index is -0.560. The number of carbonyl (C=O) groups is 2. The van der Waals surface area contributed by atoms with E-state index in [1.54, 1.807) is 12.1 Å². The Morgan fingerprint density at radius 1 is 1.24 bits per heavy atom. The molecule has 2 aromatic carbocycles. The highest BCUT2D eigenvalue weighted by Gasteiger charge is 2.32. The Bertz CT molecular complexity index is 1030. The fourth-order valence-corrected chi connectivity index (χ4v) is 3.66. The number of nitrogens with zero attached hydrogens (tertiary/aromatic N) is 3. The number of benzene rings is 2. The zero-order chi connectivity index (χ0) is 21.0. The van der Waals surface area contributed by atoms with Crippen LogP contribution < -0.4 is 5.32 Å². The predicted molar refractivity (Wildman–Crippen MR) is 113 cm³/mol. The summed E-state index contributed by atoms with van der Waals surface area (Å²) in [5, 5.41) is 20.9. The van der Waals surface area contributed by atoms with Crippen LogP contribution in [0.4, 0.5) is 5.69 Å². The van der Waals surface area contributed by atoms with Gasteiger partial charge in [0.1, 0.15) is 0 Å². The van der Waals surface area contributed by atoms with Crippen LogP contribution in [0.25, 0.3) is 0 Å². The summed E-state index contributed by atoms with van der Waals surface area (Å²) in [6.45, 7) is 3.79. The van der Waals surface area contributed by atoms with Gasteiger partial charge in [-0.2, -0.15) is 5.10 Å². The maximum Gasteiger partial charge on any atom is 0.269 e. The number of amides is 1. The van der Waals surface area contributed by atoms with Crippen molar-refractivity contribution in [2.45, 2.75) is 25.5 Å². The monoisotopic (exact) mass is 410 g/mol. The van der Waals surface area contributed by atoms with Crippen LogP contribution in [0.5, 0.6) is 0 Å². The second kappa shape index (κ2) is 8.78. The number of non-ortho nitro benzene ring substituents is 1. The van der Waals surface area contributed by atoms with Gasteiger partial charge in [0, 0.05) is 24.1 Å². The second-order valence-corrected chi connectivity index (χ2v) is 7.73. The molecule has 1 aliphatic heterocycles. The molecule has 8 nitrogen and oxygen atoms in total. The SMILES string of the molecule is Cc1ccc(C)c(C(=O)CC2S/C(=N\N=C\c3ccc([N+](=O)[O-])cc3)NC2=O)c1. The van der Waals surface area contributed by atoms with Crippen LogP contribution >= 0.6 is 11.8 Å². The zero-order valence-electron chi connectivity index (χ0n) is 15.8. The number of nitro benzene ring substituents is 1. The fourth-order valence-electron chi connectivity index (χ4n) is 2.73. The van der Waals surface area contributed by atoms with Gasteiger partial charge in [0.25, 0.3) is 5.69 Å². The number of hydrogen-bond donors (Lipinski definition) is 1. The lowest BCUT2D eigenvalue weighted by Crippen LogP contribution is -2.26. The number of nitrogens with one attached hydrogen (secondary N) is 1. The van der Waals surface area contributed by atoms with Gasteiger partial charge in [0.2, 0.25) is 5.91 Å². The number of carbonyl (C=O) groups excluding carboxylic acids is 2. The van der Waals surface area contributed by atoms with Crippen molar-refractivity contribution in [3.05, 3.63) is 74.8 Å². The van der Waals surface area contributed by atoms with E-state index >= 15 is 0 Å². The molecule has 0 saturated carbocycles. The Balaban J connectivity index is 1.62. The third kappa shape index (κ3) is 5.14. The maximum atomic E-state index is 12.6. The molecule has 0 aliphatic carbocycles. The molecule has 0 radical (unpaired) electrons. The van der Waals surface area contributed by atoms with E-state index < -0.39 is 10.2 Å². The minimum absolute atomic E-state index is 0.0107. The van der Waals surface area contributed by atoms with Crippen LogP contribution in [0.2, 0.25) is 0 Å². The molecule has 0 spiro atoms. The number of thioether (sulfide) groups is 1. The molecular weight excluding hydrogens is 392 g/mol. The Hall–Kier alpha value is -3.33. The summed E-state index contributed by atoms with van der Waals surface area (Å²) in [7, 11) is 0. The van der Waals surface area contributed by atoms with Crippen molar-refractivity contribution >= 4 is 40.5 Å². The number of nitro groups is 1. The number of Topliss-reactive ketones (excluding diaryl/α,β-unsaturated/α-hetero) is 1. The van der Waals surface area contributed by atoms with E-state index in [-0.39, 0.29) is 23.8 Å². The molecule has 0 aromatic heterocycles. The van der Waals surface area contributed by atoms with Gasteiger partial charge in [-0.1, -0.05) is 29.5 Å². The van der Waals surface area contributed by atoms with Crippen LogP contribution in [-0.4, -0.2) is 33.2 Å². The summed E-state index contributed by atoms with van der Waals surface area (Å²) in [5.41, 5.74) is 3.12. The predicted octanol–water partition coefficient (Wildman–Crippen LogP) is 3.41. The smallest absolute Gasteiger partial charge is 0.269 e. The molecule has 148 valence electrons. The third-order valence-corrected chi connectivity index (χ3v) is 5.37. The van der Waals surface area contributed by atoms with Gasteiger partial charge in [-0.05, 0) is 43.2 Å². The normalized spacial score (nSPS) is 17.7. The van der Waals surface area contributed by atoms with Crippen molar-refractivity contribution in [1.82, 2.24) is 5.32 Å². The van der Waals surface area contributed by atoms with Gasteiger partial charge in [0.15, 0.2) is 11.0 Å². The highest BCUT2D eigenvalue weighted by atomic mass is 32.2. The standard InChI is InChI=1S/C20H18N4O4S/c1-12-3-4-13(2)16(9-12)17(25)10-18-19(26)22-20(29-18)23-21-11-14-5-7-15(8-6-14)24(27)28/h3-9,11,18H,10H2,1-2H3,(H,22,23,26)/b21-11+. The average Bonchev–Trinajstić information content (AvgIpc) is 3.03. The molecule has 2 aromatic rings. The van der Waals surface area contributed by atoms with Crippen LogP contribution in [0.3, 0.4) is 0 Å². The van der Waals surface area contributed by atoms with Crippen LogP contribution in [-0.2, 0) is 4.79 Å². The van der Waals surface area contributed by atoms with E-state index in [1.165, 1.54) is 18.3 Å². The van der Waals surface area contributed by atoms with E-state index in [0.717, 1.165) is 22.9 Å². The molecular formula is C20H18N4O4S. The molecule has 1 N–H and O–H groups in total. The van der Waals surface area contributed by atoms with E-state index in [1.807, 2.05) is 32.0 Å². The summed E-state index contributed by atoms with van der Waals surface area (Å²) in [4.78, 5) is 34.9. The van der Waals surface area contributed by atoms with Gasteiger partial charge in [-0.15, -0.1) is 5.10 Å². The molecule has 1 amide bonds. The summed E-state index contributed by atoms with van der Waals surface area (Å²) < 4.78 is 0. The molecule has 1 unspecified atom stereocenters. The number of ketones is 1. The van der Waals surface area contributed by atoms with Crippen molar-refractivity contribution in [3.8, 4) is 0 Å². The first kappa shape index (κ1) is 20.4. The number of rotatable bonds is 6. The van der Waals surface area contributed by atoms with Gasteiger partial charge >= 0.3 is 0 Å². The van der Waals surface area contributed by atoms with Gasteiger partial charge in [-0.3, -0.25) is 19.7 Å². The third-order valence-electron chi connectivity index (χ3n) is 4.30. The lowest BCUT2D eigenvalue weighted by atomic mass is 9.99. The maximum absolute atomic E-state index is 12.6.